The summed E-state index contributed by atoms with van der Waals surface area (Å²) in [6.07, 6.45) is -4.84. The van der Waals surface area contributed by atoms with Crippen molar-refractivity contribution in [3.05, 3.63) is 57.6 Å². The lowest BCUT2D eigenvalue weighted by atomic mass is 9.94. The Morgan fingerprint density at radius 1 is 1.07 bits per heavy atom. The third-order valence-corrected chi connectivity index (χ3v) is 5.01. The number of halogens is 8. The number of hydrogen-bond acceptors (Lipinski definition) is 4. The summed E-state index contributed by atoms with van der Waals surface area (Å²) in [6.45, 7) is 2.12. The summed E-state index contributed by atoms with van der Waals surface area (Å²) in [5.41, 5.74) is 0.112. The molecule has 2 aromatic carbocycles. The molecule has 0 radical (unpaired) electrons. The van der Waals surface area contributed by atoms with Crippen molar-refractivity contribution < 1.29 is 31.8 Å². The first-order valence-corrected chi connectivity index (χ1v) is 9.13. The van der Waals surface area contributed by atoms with Crippen LogP contribution in [0.1, 0.15) is 17.2 Å². The molecule has 0 unspecified atom stereocenters. The zero-order chi connectivity index (χ0) is 20.5. The second-order valence-electron chi connectivity index (χ2n) is 6.22. The summed E-state index contributed by atoms with van der Waals surface area (Å²) >= 11 is 3.01. The van der Waals surface area contributed by atoms with Crippen molar-refractivity contribution in [3.63, 3.8) is 0 Å². The predicted molar refractivity (Wildman–Crippen MR) is 110 cm³/mol. The molecule has 12 heteroatoms. The van der Waals surface area contributed by atoms with Crippen molar-refractivity contribution in [1.82, 2.24) is 10.2 Å². The Morgan fingerprint density at radius 3 is 2.17 bits per heavy atom. The van der Waals surface area contributed by atoms with Gasteiger partial charge in [-0.25, -0.2) is 8.78 Å². The van der Waals surface area contributed by atoms with Gasteiger partial charge in [0.05, 0.1) is 16.1 Å². The van der Waals surface area contributed by atoms with Gasteiger partial charge in [0.2, 0.25) is 0 Å². The molecule has 2 N–H and O–H groups in total. The van der Waals surface area contributed by atoms with E-state index >= 15 is 0 Å². The summed E-state index contributed by atoms with van der Waals surface area (Å²) in [7, 11) is 0. The standard InChI is InChI=1S/C18H16BrF5N2O2.2ClH/c19-12-9-13(20)15(21)14(17(12)27)16(26-7-5-25-6-8-26)10-1-3-11(4-2-10)28-18(22,23)24;;/h1-4,9,16,25,27H,5-8H2;2*1H/t16-;;/m0../s1. The average molecular weight is 540 g/mol. The molecular formula is C18H18BrCl2F5N2O2. The van der Waals surface area contributed by atoms with E-state index in [0.29, 0.717) is 31.7 Å². The van der Waals surface area contributed by atoms with Crippen LogP contribution in [-0.4, -0.2) is 42.5 Å². The van der Waals surface area contributed by atoms with E-state index in [1.807, 2.05) is 4.90 Å². The number of benzene rings is 2. The lowest BCUT2D eigenvalue weighted by Crippen LogP contribution is -2.45. The molecule has 168 valence electrons. The summed E-state index contributed by atoms with van der Waals surface area (Å²) < 4.78 is 69.7. The topological polar surface area (TPSA) is 44.7 Å². The molecule has 30 heavy (non-hydrogen) atoms. The summed E-state index contributed by atoms with van der Waals surface area (Å²) in [5.74, 6) is -3.24. The van der Waals surface area contributed by atoms with Gasteiger partial charge in [-0.2, -0.15) is 0 Å². The van der Waals surface area contributed by atoms with Gasteiger partial charge in [0.1, 0.15) is 11.5 Å². The van der Waals surface area contributed by atoms with Gasteiger partial charge in [-0.3, -0.25) is 4.90 Å². The first-order chi connectivity index (χ1) is 13.2. The zero-order valence-corrected chi connectivity index (χ0v) is 18.4. The summed E-state index contributed by atoms with van der Waals surface area (Å²) in [4.78, 5) is 1.82. The van der Waals surface area contributed by atoms with Crippen LogP contribution in [0.3, 0.4) is 0 Å². The van der Waals surface area contributed by atoms with E-state index in [1.165, 1.54) is 12.1 Å². The van der Waals surface area contributed by atoms with Crippen molar-refractivity contribution in [1.29, 1.82) is 0 Å². The highest BCUT2D eigenvalue weighted by atomic mass is 79.9. The van der Waals surface area contributed by atoms with Gasteiger partial charge in [-0.1, -0.05) is 12.1 Å². The molecule has 0 amide bonds. The van der Waals surface area contributed by atoms with Gasteiger partial charge in [0.25, 0.3) is 0 Å². The van der Waals surface area contributed by atoms with Crippen LogP contribution in [0.4, 0.5) is 22.0 Å². The Hall–Kier alpha value is -1.33. The molecule has 1 saturated heterocycles. The maximum Gasteiger partial charge on any atom is 0.573 e. The summed E-state index contributed by atoms with van der Waals surface area (Å²) in [6, 6.07) is 4.80. The maximum absolute atomic E-state index is 14.7. The van der Waals surface area contributed by atoms with Gasteiger partial charge in [0.15, 0.2) is 11.6 Å². The van der Waals surface area contributed by atoms with Gasteiger partial charge in [0, 0.05) is 26.2 Å². The van der Waals surface area contributed by atoms with Crippen molar-refractivity contribution in [2.75, 3.05) is 26.2 Å². The average Bonchev–Trinajstić information content (AvgIpc) is 2.64. The van der Waals surface area contributed by atoms with E-state index in [-0.39, 0.29) is 34.9 Å². The fourth-order valence-electron chi connectivity index (χ4n) is 3.21. The highest BCUT2D eigenvalue weighted by Gasteiger charge is 2.33. The first kappa shape index (κ1) is 26.7. The van der Waals surface area contributed by atoms with E-state index in [4.69, 9.17) is 0 Å². The van der Waals surface area contributed by atoms with Crippen molar-refractivity contribution >= 4 is 40.7 Å². The second-order valence-corrected chi connectivity index (χ2v) is 7.08. The molecule has 2 aromatic rings. The van der Waals surface area contributed by atoms with Crippen LogP contribution < -0.4 is 10.1 Å². The van der Waals surface area contributed by atoms with E-state index < -0.39 is 35.5 Å². The maximum atomic E-state index is 14.7. The molecule has 1 heterocycles. The van der Waals surface area contributed by atoms with Crippen LogP contribution in [0, 0.1) is 11.6 Å². The molecule has 0 aromatic heterocycles. The lowest BCUT2D eigenvalue weighted by molar-refractivity contribution is -0.274. The minimum atomic E-state index is -4.84. The quantitative estimate of drug-likeness (QED) is 0.415. The van der Waals surface area contributed by atoms with E-state index in [2.05, 4.69) is 26.0 Å². The number of hydrogen-bond donors (Lipinski definition) is 2. The molecule has 3 rings (SSSR count). The Kier molecular flexibility index (Phi) is 9.62. The third-order valence-electron chi connectivity index (χ3n) is 4.40. The number of phenolic OH excluding ortho intramolecular Hbond substituents is 1. The fourth-order valence-corrected chi connectivity index (χ4v) is 3.62. The first-order valence-electron chi connectivity index (χ1n) is 8.34. The molecule has 4 nitrogen and oxygen atoms in total. The molecular weight excluding hydrogens is 522 g/mol. The highest BCUT2D eigenvalue weighted by molar-refractivity contribution is 9.10. The van der Waals surface area contributed by atoms with Crippen LogP contribution >= 0.6 is 40.7 Å². The largest absolute Gasteiger partial charge is 0.573 e. The molecule has 1 fully saturated rings. The Balaban J connectivity index is 0.00000225. The molecule has 0 bridgehead atoms. The van der Waals surface area contributed by atoms with Crippen molar-refractivity contribution in [3.8, 4) is 11.5 Å². The van der Waals surface area contributed by atoms with Gasteiger partial charge < -0.3 is 15.2 Å². The summed E-state index contributed by atoms with van der Waals surface area (Å²) in [5, 5.41) is 13.5. The number of rotatable bonds is 4. The van der Waals surface area contributed by atoms with Crippen molar-refractivity contribution in [2.24, 2.45) is 0 Å². The Labute approximate surface area is 190 Å². The predicted octanol–water partition coefficient (Wildman–Crippen LogP) is 5.17. The molecule has 1 aliphatic rings. The van der Waals surface area contributed by atoms with Gasteiger partial charge >= 0.3 is 6.36 Å². The van der Waals surface area contributed by atoms with Crippen molar-refractivity contribution in [2.45, 2.75) is 12.4 Å². The van der Waals surface area contributed by atoms with Crippen LogP contribution in [0.5, 0.6) is 11.5 Å². The monoisotopic (exact) mass is 538 g/mol. The molecule has 1 aliphatic heterocycles. The fraction of sp³-hybridized carbons (Fsp3) is 0.333. The smallest absolute Gasteiger partial charge is 0.506 e. The molecule has 0 aliphatic carbocycles. The molecule has 1 atom stereocenters. The normalized spacial score (nSPS) is 15.7. The van der Waals surface area contributed by atoms with E-state index in [9.17, 15) is 27.1 Å². The highest BCUT2D eigenvalue weighted by Crippen LogP contribution is 2.41. The number of aromatic hydroxyl groups is 1. The van der Waals surface area contributed by atoms with Gasteiger partial charge in [-0.15, -0.1) is 38.0 Å². The van der Waals surface area contributed by atoms with Crippen LogP contribution in [0.2, 0.25) is 0 Å². The molecule has 0 spiro atoms. The SMILES string of the molecule is Cl.Cl.Oc1c(Br)cc(F)c(F)c1[C@H](c1ccc(OC(F)(F)F)cc1)N1CCNCC1. The minimum absolute atomic E-state index is 0. The molecule has 0 saturated carbocycles. The minimum Gasteiger partial charge on any atom is -0.506 e. The lowest BCUT2D eigenvalue weighted by Gasteiger charge is -2.36. The zero-order valence-electron chi connectivity index (χ0n) is 15.2. The van der Waals surface area contributed by atoms with E-state index in [1.54, 1.807) is 0 Å². The van der Waals surface area contributed by atoms with Crippen LogP contribution in [-0.2, 0) is 0 Å². The number of ether oxygens (including phenoxy) is 1. The Bertz CT molecular complexity index is 824. The number of alkyl halides is 3. The van der Waals surface area contributed by atoms with Crippen LogP contribution in [0.15, 0.2) is 34.8 Å². The number of nitrogens with one attached hydrogen (secondary N) is 1. The van der Waals surface area contributed by atoms with Crippen LogP contribution in [0.25, 0.3) is 0 Å². The van der Waals surface area contributed by atoms with E-state index in [0.717, 1.165) is 18.2 Å². The number of nitrogens with zero attached hydrogens (tertiary/aromatic N) is 1. The number of piperazine rings is 1. The van der Waals surface area contributed by atoms with Gasteiger partial charge in [-0.05, 0) is 39.7 Å². The Morgan fingerprint density at radius 2 is 1.63 bits per heavy atom. The third kappa shape index (κ3) is 6.10. The second kappa shape index (κ2) is 10.8. The number of phenols is 1.